The smallest absolute Gasteiger partial charge is 0.261 e. The Balaban J connectivity index is 1.71. The SMILES string of the molecule is CCC(C)c1ccccc1OCC(=O)N(Cc1cccnc1)Cc1ccco1. The molecule has 0 spiro atoms. The number of hydrogen-bond acceptors (Lipinski definition) is 4. The lowest BCUT2D eigenvalue weighted by Gasteiger charge is -2.23. The molecular formula is C23H26N2O3. The molecule has 0 aliphatic rings. The van der Waals surface area contributed by atoms with Gasteiger partial charge < -0.3 is 14.1 Å². The van der Waals surface area contributed by atoms with Crippen LogP contribution in [0.2, 0.25) is 0 Å². The van der Waals surface area contributed by atoms with E-state index < -0.39 is 0 Å². The summed E-state index contributed by atoms with van der Waals surface area (Å²) in [5, 5.41) is 0. The summed E-state index contributed by atoms with van der Waals surface area (Å²) in [5.74, 6) is 1.78. The second kappa shape index (κ2) is 9.74. The van der Waals surface area contributed by atoms with Gasteiger partial charge in [0.1, 0.15) is 11.5 Å². The van der Waals surface area contributed by atoms with Crippen molar-refractivity contribution in [3.63, 3.8) is 0 Å². The van der Waals surface area contributed by atoms with E-state index >= 15 is 0 Å². The Kier molecular flexibility index (Phi) is 6.84. The number of benzene rings is 1. The van der Waals surface area contributed by atoms with Gasteiger partial charge in [0, 0.05) is 18.9 Å². The molecule has 1 atom stereocenters. The molecule has 1 aromatic carbocycles. The molecule has 3 aromatic rings. The fourth-order valence-electron chi connectivity index (χ4n) is 3.00. The number of amides is 1. The van der Waals surface area contributed by atoms with E-state index in [0.717, 1.165) is 29.1 Å². The zero-order valence-electron chi connectivity index (χ0n) is 16.4. The van der Waals surface area contributed by atoms with Crippen molar-refractivity contribution in [2.24, 2.45) is 0 Å². The van der Waals surface area contributed by atoms with Gasteiger partial charge in [-0.25, -0.2) is 0 Å². The van der Waals surface area contributed by atoms with E-state index in [0.29, 0.717) is 19.0 Å². The van der Waals surface area contributed by atoms with Crippen LogP contribution in [-0.2, 0) is 17.9 Å². The molecule has 0 aliphatic carbocycles. The molecule has 2 aromatic heterocycles. The van der Waals surface area contributed by atoms with Crippen molar-refractivity contribution in [3.05, 3.63) is 84.1 Å². The highest BCUT2D eigenvalue weighted by atomic mass is 16.5. The second-order valence-electron chi connectivity index (χ2n) is 6.83. The first kappa shape index (κ1) is 19.7. The molecule has 0 bridgehead atoms. The molecule has 0 aliphatic heterocycles. The van der Waals surface area contributed by atoms with Crippen LogP contribution in [0, 0.1) is 0 Å². The van der Waals surface area contributed by atoms with E-state index in [1.807, 2.05) is 42.5 Å². The average molecular weight is 378 g/mol. The standard InChI is InChI=1S/C23H26N2O3/c1-3-18(2)21-10-4-5-11-22(21)28-17-23(26)25(16-20-9-7-13-27-20)15-19-8-6-12-24-14-19/h4-14,18H,3,15-17H2,1-2H3. The first-order chi connectivity index (χ1) is 13.7. The third kappa shape index (κ3) is 5.22. The molecular weight excluding hydrogens is 352 g/mol. The normalized spacial score (nSPS) is 11.8. The minimum atomic E-state index is -0.0980. The summed E-state index contributed by atoms with van der Waals surface area (Å²) in [6.07, 6.45) is 6.11. The lowest BCUT2D eigenvalue weighted by Crippen LogP contribution is -2.34. The van der Waals surface area contributed by atoms with Gasteiger partial charge in [0.25, 0.3) is 5.91 Å². The van der Waals surface area contributed by atoms with Gasteiger partial charge in [-0.05, 0) is 47.7 Å². The monoisotopic (exact) mass is 378 g/mol. The summed E-state index contributed by atoms with van der Waals surface area (Å²) in [7, 11) is 0. The molecule has 0 fully saturated rings. The maximum Gasteiger partial charge on any atom is 0.261 e. The number of carbonyl (C=O) groups is 1. The number of nitrogens with zero attached hydrogens (tertiary/aromatic N) is 2. The van der Waals surface area contributed by atoms with E-state index in [9.17, 15) is 4.79 Å². The van der Waals surface area contributed by atoms with E-state index in [1.165, 1.54) is 0 Å². The molecule has 5 nitrogen and oxygen atoms in total. The second-order valence-corrected chi connectivity index (χ2v) is 6.83. The molecule has 0 saturated carbocycles. The van der Waals surface area contributed by atoms with Crippen LogP contribution < -0.4 is 4.74 Å². The highest BCUT2D eigenvalue weighted by Crippen LogP contribution is 2.28. The summed E-state index contributed by atoms with van der Waals surface area (Å²) in [6.45, 7) is 5.12. The van der Waals surface area contributed by atoms with Gasteiger partial charge in [0.05, 0.1) is 12.8 Å². The van der Waals surface area contributed by atoms with Crippen LogP contribution in [0.15, 0.2) is 71.6 Å². The Hall–Kier alpha value is -3.08. The molecule has 0 radical (unpaired) electrons. The summed E-state index contributed by atoms with van der Waals surface area (Å²) >= 11 is 0. The Morgan fingerprint density at radius 2 is 2.00 bits per heavy atom. The van der Waals surface area contributed by atoms with Crippen molar-refractivity contribution in [3.8, 4) is 5.75 Å². The number of carbonyl (C=O) groups excluding carboxylic acids is 1. The number of ether oxygens (including phenoxy) is 1. The van der Waals surface area contributed by atoms with Crippen LogP contribution in [-0.4, -0.2) is 22.4 Å². The van der Waals surface area contributed by atoms with Crippen molar-refractivity contribution < 1.29 is 13.9 Å². The predicted octanol–water partition coefficient (Wildman–Crippen LogP) is 4.80. The fraction of sp³-hybridized carbons (Fsp3) is 0.304. The zero-order valence-corrected chi connectivity index (χ0v) is 16.4. The number of aromatic nitrogens is 1. The molecule has 1 unspecified atom stereocenters. The quantitative estimate of drug-likeness (QED) is 0.537. The van der Waals surface area contributed by atoms with Crippen LogP contribution in [0.4, 0.5) is 0 Å². The average Bonchev–Trinajstić information content (AvgIpc) is 3.25. The van der Waals surface area contributed by atoms with Crippen LogP contribution >= 0.6 is 0 Å². The Bertz CT molecular complexity index is 863. The van der Waals surface area contributed by atoms with Crippen LogP contribution in [0.25, 0.3) is 0 Å². The fourth-order valence-corrected chi connectivity index (χ4v) is 3.00. The highest BCUT2D eigenvalue weighted by molar-refractivity contribution is 5.77. The van der Waals surface area contributed by atoms with E-state index in [-0.39, 0.29) is 12.5 Å². The number of para-hydroxylation sites is 1. The summed E-state index contributed by atoms with van der Waals surface area (Å²) in [5.41, 5.74) is 2.09. The zero-order chi connectivity index (χ0) is 19.8. The number of pyridine rings is 1. The summed E-state index contributed by atoms with van der Waals surface area (Å²) in [6, 6.07) is 15.4. The van der Waals surface area contributed by atoms with Crippen LogP contribution in [0.3, 0.4) is 0 Å². The van der Waals surface area contributed by atoms with Crippen LogP contribution in [0.5, 0.6) is 5.75 Å². The van der Waals surface area contributed by atoms with Gasteiger partial charge in [-0.2, -0.15) is 0 Å². The molecule has 0 saturated heterocycles. The molecule has 2 heterocycles. The number of hydrogen-bond donors (Lipinski definition) is 0. The van der Waals surface area contributed by atoms with Gasteiger partial charge in [-0.3, -0.25) is 9.78 Å². The Morgan fingerprint density at radius 3 is 2.71 bits per heavy atom. The van der Waals surface area contributed by atoms with Gasteiger partial charge in [-0.1, -0.05) is 38.1 Å². The maximum absolute atomic E-state index is 12.9. The highest BCUT2D eigenvalue weighted by Gasteiger charge is 2.18. The van der Waals surface area contributed by atoms with E-state index in [4.69, 9.17) is 9.15 Å². The largest absolute Gasteiger partial charge is 0.483 e. The van der Waals surface area contributed by atoms with Gasteiger partial charge in [0.15, 0.2) is 6.61 Å². The Labute approximate surface area is 166 Å². The molecule has 146 valence electrons. The summed E-state index contributed by atoms with van der Waals surface area (Å²) < 4.78 is 11.4. The van der Waals surface area contributed by atoms with Gasteiger partial charge >= 0.3 is 0 Å². The van der Waals surface area contributed by atoms with E-state index in [2.05, 4.69) is 24.9 Å². The van der Waals surface area contributed by atoms with Gasteiger partial charge in [0.2, 0.25) is 0 Å². The lowest BCUT2D eigenvalue weighted by atomic mass is 9.98. The molecule has 1 amide bonds. The van der Waals surface area contributed by atoms with Crippen molar-refractivity contribution in [1.29, 1.82) is 0 Å². The van der Waals surface area contributed by atoms with E-state index in [1.54, 1.807) is 23.6 Å². The molecule has 5 heteroatoms. The first-order valence-electron chi connectivity index (χ1n) is 9.58. The number of furan rings is 1. The topological polar surface area (TPSA) is 55.6 Å². The lowest BCUT2D eigenvalue weighted by molar-refractivity contribution is -0.134. The van der Waals surface area contributed by atoms with Crippen molar-refractivity contribution >= 4 is 5.91 Å². The predicted molar refractivity (Wildman–Crippen MR) is 108 cm³/mol. The van der Waals surface area contributed by atoms with Gasteiger partial charge in [-0.15, -0.1) is 0 Å². The third-order valence-electron chi connectivity index (χ3n) is 4.79. The molecule has 0 N–H and O–H groups in total. The third-order valence-corrected chi connectivity index (χ3v) is 4.79. The number of rotatable bonds is 9. The maximum atomic E-state index is 12.9. The van der Waals surface area contributed by atoms with Crippen molar-refractivity contribution in [2.75, 3.05) is 6.61 Å². The first-order valence-corrected chi connectivity index (χ1v) is 9.58. The Morgan fingerprint density at radius 1 is 1.14 bits per heavy atom. The minimum absolute atomic E-state index is 0.0194. The molecule has 3 rings (SSSR count). The minimum Gasteiger partial charge on any atom is -0.483 e. The molecule has 28 heavy (non-hydrogen) atoms. The van der Waals surface area contributed by atoms with Crippen LogP contribution in [0.1, 0.15) is 43.1 Å². The summed E-state index contributed by atoms with van der Waals surface area (Å²) in [4.78, 5) is 18.8. The van der Waals surface area contributed by atoms with Crippen molar-refractivity contribution in [2.45, 2.75) is 39.3 Å². The van der Waals surface area contributed by atoms with Crippen molar-refractivity contribution in [1.82, 2.24) is 9.88 Å².